The van der Waals surface area contributed by atoms with Crippen molar-refractivity contribution in [2.24, 2.45) is 0 Å². The van der Waals surface area contributed by atoms with Crippen LogP contribution in [0.3, 0.4) is 0 Å². The largest absolute Gasteiger partial charge is 0.379 e. The predicted octanol–water partition coefficient (Wildman–Crippen LogP) is 0.521. The molecule has 1 aliphatic heterocycles. The molecule has 0 aromatic carbocycles. The molecule has 0 bridgehead atoms. The molecule has 0 aliphatic carbocycles. The molecule has 0 N–H and O–H groups in total. The Balaban J connectivity index is 1.96. The quantitative estimate of drug-likeness (QED) is 0.435. The van der Waals surface area contributed by atoms with Crippen molar-refractivity contribution in [1.29, 1.82) is 0 Å². The first-order valence-corrected chi connectivity index (χ1v) is 5.53. The van der Waals surface area contributed by atoms with Crippen molar-refractivity contribution in [1.82, 2.24) is 4.90 Å². The number of carbonyl (C=O) groups is 2. The van der Waals surface area contributed by atoms with E-state index in [4.69, 9.17) is 9.47 Å². The minimum atomic E-state index is -0.0548. The number of allylic oxidation sites excluding steroid dienone is 1. The Morgan fingerprint density at radius 3 is 2.47 bits per heavy atom. The van der Waals surface area contributed by atoms with E-state index < -0.39 is 0 Å². The Morgan fingerprint density at radius 2 is 1.88 bits per heavy atom. The second-order valence-electron chi connectivity index (χ2n) is 3.49. The van der Waals surface area contributed by atoms with E-state index in [-0.39, 0.29) is 5.91 Å². The van der Waals surface area contributed by atoms with E-state index in [1.807, 2.05) is 0 Å². The van der Waals surface area contributed by atoms with Crippen LogP contribution in [0.5, 0.6) is 0 Å². The van der Waals surface area contributed by atoms with Crippen LogP contribution >= 0.6 is 0 Å². The lowest BCUT2D eigenvalue weighted by molar-refractivity contribution is -0.123. The standard InChI is InChI=1S/C12H17NO4/c1-11-3-4-12(15)13(11)5-8-17-10-9-16-7-2-6-14/h3-4,6H,1-2,5,7-10H2. The fourth-order valence-corrected chi connectivity index (χ4v) is 1.35. The fraction of sp³-hybridized carbons (Fsp3) is 0.500. The molecular weight excluding hydrogens is 222 g/mol. The number of hydrogen-bond acceptors (Lipinski definition) is 4. The number of rotatable bonds is 9. The fourth-order valence-electron chi connectivity index (χ4n) is 1.35. The van der Waals surface area contributed by atoms with E-state index in [0.29, 0.717) is 45.1 Å². The lowest BCUT2D eigenvalue weighted by Crippen LogP contribution is -2.28. The molecule has 1 rings (SSSR count). The molecule has 0 spiro atoms. The van der Waals surface area contributed by atoms with E-state index in [0.717, 1.165) is 6.29 Å². The Morgan fingerprint density at radius 1 is 1.18 bits per heavy atom. The molecule has 0 fully saturated rings. The molecule has 1 amide bonds. The molecule has 0 aromatic rings. The van der Waals surface area contributed by atoms with Gasteiger partial charge in [0.05, 0.1) is 26.4 Å². The summed E-state index contributed by atoms with van der Waals surface area (Å²) in [7, 11) is 0. The van der Waals surface area contributed by atoms with Gasteiger partial charge >= 0.3 is 0 Å². The van der Waals surface area contributed by atoms with Crippen LogP contribution in [0.25, 0.3) is 0 Å². The molecule has 17 heavy (non-hydrogen) atoms. The van der Waals surface area contributed by atoms with Gasteiger partial charge in [-0.2, -0.15) is 0 Å². The van der Waals surface area contributed by atoms with E-state index in [1.165, 1.54) is 6.08 Å². The first kappa shape index (κ1) is 13.6. The van der Waals surface area contributed by atoms with Gasteiger partial charge in [0.25, 0.3) is 5.91 Å². The summed E-state index contributed by atoms with van der Waals surface area (Å²) in [5.41, 5.74) is 0.695. The predicted molar refractivity (Wildman–Crippen MR) is 62.3 cm³/mol. The number of carbonyl (C=O) groups excluding carboxylic acids is 2. The summed E-state index contributed by atoms with van der Waals surface area (Å²) in [4.78, 5) is 22.8. The topological polar surface area (TPSA) is 55.8 Å². The highest BCUT2D eigenvalue weighted by Crippen LogP contribution is 2.11. The average molecular weight is 239 g/mol. The van der Waals surface area contributed by atoms with Gasteiger partial charge in [0.1, 0.15) is 6.29 Å². The Hall–Kier alpha value is -1.46. The Bertz CT molecular complexity index is 294. The summed E-state index contributed by atoms with van der Waals surface area (Å²) in [6.45, 7) is 6.03. The molecule has 1 aliphatic rings. The van der Waals surface area contributed by atoms with Crippen molar-refractivity contribution in [2.75, 3.05) is 33.0 Å². The monoisotopic (exact) mass is 239 g/mol. The highest BCUT2D eigenvalue weighted by atomic mass is 16.5. The zero-order valence-electron chi connectivity index (χ0n) is 9.76. The second kappa shape index (κ2) is 7.76. The van der Waals surface area contributed by atoms with Crippen molar-refractivity contribution in [3.8, 4) is 0 Å². The highest BCUT2D eigenvalue weighted by Gasteiger charge is 2.17. The Labute approximate surface area is 101 Å². The lowest BCUT2D eigenvalue weighted by Gasteiger charge is -2.16. The molecule has 1 heterocycles. The SMILES string of the molecule is C=C1C=CC(=O)N1CCOCCOCCC=O. The average Bonchev–Trinajstić information content (AvgIpc) is 2.63. The van der Waals surface area contributed by atoms with Crippen molar-refractivity contribution in [3.63, 3.8) is 0 Å². The van der Waals surface area contributed by atoms with Gasteiger partial charge in [0.2, 0.25) is 0 Å². The number of aldehydes is 1. The zero-order valence-corrected chi connectivity index (χ0v) is 9.76. The molecule has 0 saturated carbocycles. The van der Waals surface area contributed by atoms with Gasteiger partial charge in [-0.1, -0.05) is 6.58 Å². The first-order chi connectivity index (χ1) is 8.25. The van der Waals surface area contributed by atoms with Gasteiger partial charge < -0.3 is 19.2 Å². The molecule has 0 atom stereocenters. The molecule has 94 valence electrons. The summed E-state index contributed by atoms with van der Waals surface area (Å²) >= 11 is 0. The van der Waals surface area contributed by atoms with Gasteiger partial charge in [0.15, 0.2) is 0 Å². The van der Waals surface area contributed by atoms with Gasteiger partial charge in [0, 0.05) is 24.7 Å². The third kappa shape index (κ3) is 4.93. The van der Waals surface area contributed by atoms with E-state index >= 15 is 0 Å². The molecular formula is C12H17NO4. The third-order valence-electron chi connectivity index (χ3n) is 2.24. The van der Waals surface area contributed by atoms with Crippen LogP contribution in [0, 0.1) is 0 Å². The third-order valence-corrected chi connectivity index (χ3v) is 2.24. The van der Waals surface area contributed by atoms with Gasteiger partial charge in [-0.25, -0.2) is 0 Å². The van der Waals surface area contributed by atoms with E-state index in [1.54, 1.807) is 11.0 Å². The van der Waals surface area contributed by atoms with E-state index in [2.05, 4.69) is 6.58 Å². The van der Waals surface area contributed by atoms with Gasteiger partial charge in [-0.05, 0) is 6.08 Å². The summed E-state index contributed by atoms with van der Waals surface area (Å²) in [5.74, 6) is -0.0548. The highest BCUT2D eigenvalue weighted by molar-refractivity contribution is 5.92. The normalized spacial score (nSPS) is 14.7. The molecule has 0 radical (unpaired) electrons. The Kier molecular flexibility index (Phi) is 6.21. The van der Waals surface area contributed by atoms with Crippen LogP contribution in [-0.4, -0.2) is 50.1 Å². The maximum Gasteiger partial charge on any atom is 0.251 e. The maximum absolute atomic E-state index is 11.3. The van der Waals surface area contributed by atoms with Crippen molar-refractivity contribution < 1.29 is 19.1 Å². The smallest absolute Gasteiger partial charge is 0.251 e. The molecule has 0 saturated heterocycles. The first-order valence-electron chi connectivity index (χ1n) is 5.53. The number of amides is 1. The van der Waals surface area contributed by atoms with Crippen LogP contribution in [0.15, 0.2) is 24.4 Å². The lowest BCUT2D eigenvalue weighted by atomic mass is 10.4. The zero-order chi connectivity index (χ0) is 12.5. The van der Waals surface area contributed by atoms with Crippen molar-refractivity contribution >= 4 is 12.2 Å². The number of hydrogen-bond donors (Lipinski definition) is 0. The second-order valence-corrected chi connectivity index (χ2v) is 3.49. The maximum atomic E-state index is 11.3. The summed E-state index contributed by atoms with van der Waals surface area (Å²) < 4.78 is 10.4. The number of ether oxygens (including phenoxy) is 2. The van der Waals surface area contributed by atoms with Crippen molar-refractivity contribution in [3.05, 3.63) is 24.4 Å². The van der Waals surface area contributed by atoms with Crippen LogP contribution in [0.2, 0.25) is 0 Å². The minimum absolute atomic E-state index is 0.0548. The van der Waals surface area contributed by atoms with Crippen molar-refractivity contribution in [2.45, 2.75) is 6.42 Å². The van der Waals surface area contributed by atoms with E-state index in [9.17, 15) is 9.59 Å². The summed E-state index contributed by atoms with van der Waals surface area (Å²) in [5, 5.41) is 0. The molecule has 5 heteroatoms. The van der Waals surface area contributed by atoms with Gasteiger partial charge in [-0.3, -0.25) is 4.79 Å². The summed E-state index contributed by atoms with van der Waals surface area (Å²) in [6, 6.07) is 0. The minimum Gasteiger partial charge on any atom is -0.379 e. The number of nitrogens with zero attached hydrogens (tertiary/aromatic N) is 1. The summed E-state index contributed by atoms with van der Waals surface area (Å²) in [6.07, 6.45) is 4.40. The molecule has 0 unspecified atom stereocenters. The van der Waals surface area contributed by atoms with Crippen LogP contribution in [-0.2, 0) is 19.1 Å². The van der Waals surface area contributed by atoms with Crippen LogP contribution < -0.4 is 0 Å². The van der Waals surface area contributed by atoms with Crippen LogP contribution in [0.4, 0.5) is 0 Å². The molecule has 0 aromatic heterocycles. The molecule has 5 nitrogen and oxygen atoms in total. The van der Waals surface area contributed by atoms with Crippen LogP contribution in [0.1, 0.15) is 6.42 Å². The van der Waals surface area contributed by atoms with Gasteiger partial charge in [-0.15, -0.1) is 0 Å².